The molecular weight excluding hydrogens is 250 g/mol. The molecule has 0 radical (unpaired) electrons. The van der Waals surface area contributed by atoms with Crippen LogP contribution in [-0.2, 0) is 0 Å². The van der Waals surface area contributed by atoms with Crippen LogP contribution in [0, 0.1) is 11.6 Å². The van der Waals surface area contributed by atoms with Crippen molar-refractivity contribution in [2.45, 2.75) is 18.6 Å². The molecule has 2 atom stereocenters. The molecule has 100 valence electrons. The Morgan fingerprint density at radius 1 is 1.22 bits per heavy atom. The van der Waals surface area contributed by atoms with E-state index < -0.39 is 47.5 Å². The molecule has 1 aromatic carbocycles. The third kappa shape index (κ3) is 3.00. The molecule has 0 aromatic heterocycles. The molecule has 0 aliphatic rings. The van der Waals surface area contributed by atoms with Crippen molar-refractivity contribution in [3.05, 3.63) is 34.9 Å². The van der Waals surface area contributed by atoms with Crippen LogP contribution in [0.25, 0.3) is 0 Å². The van der Waals surface area contributed by atoms with E-state index in [1.807, 2.05) is 0 Å². The van der Waals surface area contributed by atoms with E-state index in [4.69, 9.17) is 10.2 Å². The Morgan fingerprint density at radius 3 is 2.11 bits per heavy atom. The van der Waals surface area contributed by atoms with Gasteiger partial charge in [-0.25, -0.2) is 13.6 Å². The molecule has 0 saturated heterocycles. The molecule has 0 heterocycles. The van der Waals surface area contributed by atoms with Gasteiger partial charge in [0, 0.05) is 6.61 Å². The first-order chi connectivity index (χ1) is 8.38. The Balaban J connectivity index is 3.13. The summed E-state index contributed by atoms with van der Waals surface area (Å²) in [4.78, 5) is 10.5. The highest BCUT2D eigenvalue weighted by atomic mass is 19.1. The molecule has 0 spiro atoms. The number of carboxylic acid groups (broad SMARTS) is 1. The Kier molecular flexibility index (Phi) is 4.71. The first-order valence-corrected chi connectivity index (χ1v) is 5.07. The first-order valence-electron chi connectivity index (χ1n) is 5.07. The zero-order valence-corrected chi connectivity index (χ0v) is 9.18. The molecule has 7 heteroatoms. The third-order valence-corrected chi connectivity index (χ3v) is 2.41. The van der Waals surface area contributed by atoms with Crippen molar-refractivity contribution in [3.8, 4) is 0 Å². The highest BCUT2D eigenvalue weighted by Crippen LogP contribution is 2.26. The Labute approximate surface area is 101 Å². The van der Waals surface area contributed by atoms with E-state index in [0.717, 1.165) is 0 Å². The summed E-state index contributed by atoms with van der Waals surface area (Å²) in [6.45, 7) is -0.464. The van der Waals surface area contributed by atoms with Crippen molar-refractivity contribution in [2.75, 3.05) is 6.61 Å². The Hall–Kier alpha value is -1.57. The Morgan fingerprint density at radius 2 is 1.72 bits per heavy atom. The zero-order valence-electron chi connectivity index (χ0n) is 9.18. The van der Waals surface area contributed by atoms with Gasteiger partial charge in [-0.05, 0) is 18.6 Å². The maximum atomic E-state index is 13.5. The summed E-state index contributed by atoms with van der Waals surface area (Å²) < 4.78 is 27.0. The molecule has 5 nitrogen and oxygen atoms in total. The van der Waals surface area contributed by atoms with Crippen molar-refractivity contribution < 1.29 is 34.0 Å². The normalized spacial score (nSPS) is 14.3. The van der Waals surface area contributed by atoms with Gasteiger partial charge in [-0.2, -0.15) is 0 Å². The monoisotopic (exact) mass is 262 g/mol. The number of aliphatic hydroxyl groups is 3. The van der Waals surface area contributed by atoms with Gasteiger partial charge < -0.3 is 20.4 Å². The van der Waals surface area contributed by atoms with Gasteiger partial charge in [-0.15, -0.1) is 0 Å². The fourth-order valence-electron chi connectivity index (χ4n) is 1.47. The number of aliphatic hydroxyl groups excluding tert-OH is 3. The SMILES string of the molecule is O=C(O)c1cc(F)c(C(O)C(O)CCO)c(F)c1. The summed E-state index contributed by atoms with van der Waals surface area (Å²) in [5, 5.41) is 36.0. The summed E-state index contributed by atoms with van der Waals surface area (Å²) in [6.07, 6.45) is -3.68. The number of rotatable bonds is 5. The lowest BCUT2D eigenvalue weighted by Gasteiger charge is -2.18. The van der Waals surface area contributed by atoms with Gasteiger partial charge in [-0.1, -0.05) is 0 Å². The zero-order chi connectivity index (χ0) is 13.9. The van der Waals surface area contributed by atoms with Crippen LogP contribution in [0.1, 0.15) is 28.4 Å². The molecular formula is C11H12F2O5. The molecule has 0 aliphatic carbocycles. The molecule has 0 fully saturated rings. The second kappa shape index (κ2) is 5.85. The highest BCUT2D eigenvalue weighted by molar-refractivity contribution is 5.87. The van der Waals surface area contributed by atoms with Crippen molar-refractivity contribution in [2.24, 2.45) is 0 Å². The van der Waals surface area contributed by atoms with Gasteiger partial charge in [0.2, 0.25) is 0 Å². The standard InChI is InChI=1S/C11H12F2O5/c12-6-3-5(11(17)18)4-7(13)9(6)10(16)8(15)1-2-14/h3-4,8,10,14-16H,1-2H2,(H,17,18). The topological polar surface area (TPSA) is 98.0 Å². The average molecular weight is 262 g/mol. The lowest BCUT2D eigenvalue weighted by atomic mass is 9.99. The van der Waals surface area contributed by atoms with E-state index in [2.05, 4.69) is 0 Å². The van der Waals surface area contributed by atoms with Crippen LogP contribution in [0.3, 0.4) is 0 Å². The fraction of sp³-hybridized carbons (Fsp3) is 0.364. The van der Waals surface area contributed by atoms with Crippen LogP contribution in [0.4, 0.5) is 8.78 Å². The number of carboxylic acids is 1. The summed E-state index contributed by atoms with van der Waals surface area (Å²) in [5.41, 5.74) is -1.42. The van der Waals surface area contributed by atoms with Crippen LogP contribution in [0.15, 0.2) is 12.1 Å². The quantitative estimate of drug-likeness (QED) is 0.617. The lowest BCUT2D eigenvalue weighted by molar-refractivity contribution is 0.000351. The molecule has 0 saturated carbocycles. The van der Waals surface area contributed by atoms with E-state index in [0.29, 0.717) is 12.1 Å². The predicted molar refractivity (Wildman–Crippen MR) is 56.0 cm³/mol. The minimum Gasteiger partial charge on any atom is -0.478 e. The van der Waals surface area contributed by atoms with E-state index in [1.165, 1.54) is 0 Å². The number of halogens is 2. The Bertz CT molecular complexity index is 426. The lowest BCUT2D eigenvalue weighted by Crippen LogP contribution is -2.22. The summed E-state index contributed by atoms with van der Waals surface area (Å²) in [6, 6.07) is 1.10. The summed E-state index contributed by atoms with van der Waals surface area (Å²) in [7, 11) is 0. The third-order valence-electron chi connectivity index (χ3n) is 2.41. The van der Waals surface area contributed by atoms with Crippen molar-refractivity contribution >= 4 is 5.97 Å². The van der Waals surface area contributed by atoms with Gasteiger partial charge >= 0.3 is 5.97 Å². The largest absolute Gasteiger partial charge is 0.478 e. The molecule has 2 unspecified atom stereocenters. The smallest absolute Gasteiger partial charge is 0.335 e. The maximum absolute atomic E-state index is 13.5. The van der Waals surface area contributed by atoms with Crippen molar-refractivity contribution in [1.29, 1.82) is 0 Å². The molecule has 0 amide bonds. The van der Waals surface area contributed by atoms with E-state index in [-0.39, 0.29) is 6.42 Å². The summed E-state index contributed by atoms with van der Waals surface area (Å²) in [5.74, 6) is -4.04. The number of aromatic carboxylic acids is 1. The van der Waals surface area contributed by atoms with Crippen LogP contribution in [0.2, 0.25) is 0 Å². The van der Waals surface area contributed by atoms with Crippen LogP contribution in [0.5, 0.6) is 0 Å². The van der Waals surface area contributed by atoms with E-state index in [1.54, 1.807) is 0 Å². The van der Waals surface area contributed by atoms with Gasteiger partial charge in [0.25, 0.3) is 0 Å². The fourth-order valence-corrected chi connectivity index (χ4v) is 1.47. The second-order valence-corrected chi connectivity index (χ2v) is 3.68. The number of benzene rings is 1. The van der Waals surface area contributed by atoms with Gasteiger partial charge in [0.15, 0.2) is 0 Å². The minimum absolute atomic E-state index is 0.263. The maximum Gasteiger partial charge on any atom is 0.335 e. The van der Waals surface area contributed by atoms with Crippen molar-refractivity contribution in [3.63, 3.8) is 0 Å². The van der Waals surface area contributed by atoms with Crippen LogP contribution < -0.4 is 0 Å². The highest BCUT2D eigenvalue weighted by Gasteiger charge is 2.26. The molecule has 4 N–H and O–H groups in total. The van der Waals surface area contributed by atoms with Crippen LogP contribution in [-0.4, -0.2) is 39.1 Å². The van der Waals surface area contributed by atoms with Crippen LogP contribution >= 0.6 is 0 Å². The molecule has 1 rings (SSSR count). The summed E-state index contributed by atoms with van der Waals surface area (Å²) >= 11 is 0. The van der Waals surface area contributed by atoms with E-state index in [9.17, 15) is 23.8 Å². The minimum atomic E-state index is -1.88. The predicted octanol–water partition coefficient (Wildman–Crippen LogP) is 0.440. The molecule has 1 aromatic rings. The number of hydrogen-bond acceptors (Lipinski definition) is 4. The molecule has 18 heavy (non-hydrogen) atoms. The van der Waals surface area contributed by atoms with E-state index >= 15 is 0 Å². The molecule has 0 bridgehead atoms. The van der Waals surface area contributed by atoms with Gasteiger partial charge in [0.05, 0.1) is 17.2 Å². The number of hydrogen-bond donors (Lipinski definition) is 4. The van der Waals surface area contributed by atoms with Crippen molar-refractivity contribution in [1.82, 2.24) is 0 Å². The van der Waals surface area contributed by atoms with Gasteiger partial charge in [0.1, 0.15) is 17.7 Å². The molecule has 0 aliphatic heterocycles. The second-order valence-electron chi connectivity index (χ2n) is 3.68. The first kappa shape index (κ1) is 14.5. The number of carbonyl (C=O) groups is 1. The average Bonchev–Trinajstić information content (AvgIpc) is 2.27. The van der Waals surface area contributed by atoms with Gasteiger partial charge in [-0.3, -0.25) is 0 Å².